The number of fused-ring (bicyclic) bond motifs is 2. The second-order valence-corrected chi connectivity index (χ2v) is 9.14. The predicted molar refractivity (Wildman–Crippen MR) is 146 cm³/mol. The van der Waals surface area contributed by atoms with Gasteiger partial charge in [0.05, 0.1) is 23.6 Å². The topological polar surface area (TPSA) is 160 Å². The summed E-state index contributed by atoms with van der Waals surface area (Å²) in [4.78, 5) is 26.0. The molecule has 0 saturated heterocycles. The summed E-state index contributed by atoms with van der Waals surface area (Å²) in [6.07, 6.45) is 1.39. The lowest BCUT2D eigenvalue weighted by Gasteiger charge is -2.22. The zero-order valence-electron chi connectivity index (χ0n) is 21.4. The van der Waals surface area contributed by atoms with Gasteiger partial charge >= 0.3 is 0 Å². The molecule has 3 aromatic heterocycles. The number of hydrogen-bond donors (Lipinski definition) is 3. The maximum atomic E-state index is 13.0. The number of aromatic nitrogens is 5. The summed E-state index contributed by atoms with van der Waals surface area (Å²) >= 11 is 6.63. The van der Waals surface area contributed by atoms with E-state index in [9.17, 15) is 4.79 Å². The highest BCUT2D eigenvalue weighted by atomic mass is 35.5. The highest BCUT2D eigenvalue weighted by Gasteiger charge is 2.28. The van der Waals surface area contributed by atoms with Crippen LogP contribution in [0, 0.1) is 6.92 Å². The summed E-state index contributed by atoms with van der Waals surface area (Å²) in [5.74, 6) is 0.458. The summed E-state index contributed by atoms with van der Waals surface area (Å²) in [5.41, 5.74) is 16.7. The first-order valence-electron chi connectivity index (χ1n) is 12.1. The van der Waals surface area contributed by atoms with Gasteiger partial charge in [0, 0.05) is 22.7 Å². The zero-order valence-corrected chi connectivity index (χ0v) is 22.1. The highest BCUT2D eigenvalue weighted by molar-refractivity contribution is 6.32. The van der Waals surface area contributed by atoms with E-state index >= 15 is 0 Å². The summed E-state index contributed by atoms with van der Waals surface area (Å²) in [7, 11) is 0. The van der Waals surface area contributed by atoms with Gasteiger partial charge in [0.25, 0.3) is 11.9 Å². The molecular weight excluding hydrogens is 508 g/mol. The highest BCUT2D eigenvalue weighted by Crippen LogP contribution is 2.40. The first-order valence-corrected chi connectivity index (χ1v) is 12.5. The number of ether oxygens (including phenoxy) is 1. The maximum absolute atomic E-state index is 13.0. The fourth-order valence-corrected chi connectivity index (χ4v) is 4.78. The van der Waals surface area contributed by atoms with E-state index in [4.69, 9.17) is 37.3 Å². The Hall–Kier alpha value is -4.38. The molecule has 1 atom stereocenters. The van der Waals surface area contributed by atoms with E-state index in [1.165, 1.54) is 6.33 Å². The van der Waals surface area contributed by atoms with E-state index in [1.807, 2.05) is 32.9 Å². The Labute approximate surface area is 223 Å². The molecule has 0 bridgehead atoms. The number of nitrogens with one attached hydrogen (secondary N) is 1. The van der Waals surface area contributed by atoms with E-state index in [2.05, 4.69) is 20.3 Å². The Kier molecular flexibility index (Phi) is 6.53. The lowest BCUT2D eigenvalue weighted by atomic mass is 9.98. The normalized spacial score (nSPS) is 12.2. The number of amides is 1. The molecule has 0 radical (unpaired) electrons. The van der Waals surface area contributed by atoms with Crippen LogP contribution in [0.1, 0.15) is 48.3 Å². The number of rotatable bonds is 7. The number of oxazole rings is 1. The molecule has 1 unspecified atom stereocenters. The monoisotopic (exact) mass is 534 g/mol. The first kappa shape index (κ1) is 25.3. The van der Waals surface area contributed by atoms with Crippen molar-refractivity contribution in [1.82, 2.24) is 30.0 Å². The number of hydrogen-bond acceptors (Lipinski definition) is 9. The van der Waals surface area contributed by atoms with Crippen molar-refractivity contribution in [2.24, 2.45) is 0 Å². The van der Waals surface area contributed by atoms with Gasteiger partial charge in [-0.15, -0.1) is 0 Å². The molecule has 12 heteroatoms. The van der Waals surface area contributed by atoms with Gasteiger partial charge in [-0.05, 0) is 57.5 Å². The molecule has 0 aliphatic rings. The van der Waals surface area contributed by atoms with Gasteiger partial charge in [-0.2, -0.15) is 10.1 Å². The molecule has 2 aromatic carbocycles. The number of carbonyl (C=O) groups excluding carboxylic acids is 1. The van der Waals surface area contributed by atoms with Crippen molar-refractivity contribution in [3.05, 3.63) is 52.3 Å². The second-order valence-electron chi connectivity index (χ2n) is 8.73. The van der Waals surface area contributed by atoms with E-state index in [0.29, 0.717) is 68.4 Å². The van der Waals surface area contributed by atoms with Gasteiger partial charge in [0.15, 0.2) is 11.2 Å². The first-order chi connectivity index (χ1) is 18.2. The van der Waals surface area contributed by atoms with Crippen LogP contribution in [0.15, 0.2) is 35.0 Å². The van der Waals surface area contributed by atoms with Crippen LogP contribution < -0.4 is 21.5 Å². The third-order valence-electron chi connectivity index (χ3n) is 6.37. The van der Waals surface area contributed by atoms with Crippen LogP contribution in [0.3, 0.4) is 0 Å². The lowest BCUT2D eigenvalue weighted by molar-refractivity contribution is 0.0951. The molecule has 3 heterocycles. The molecule has 0 fully saturated rings. The number of carbonyl (C=O) groups is 1. The van der Waals surface area contributed by atoms with Crippen LogP contribution in [0.25, 0.3) is 33.4 Å². The summed E-state index contributed by atoms with van der Waals surface area (Å²) in [6, 6.07) is 6.87. The Morgan fingerprint density at radius 2 is 2.03 bits per heavy atom. The third-order valence-corrected chi connectivity index (χ3v) is 6.76. The molecule has 0 spiro atoms. The SMILES string of the molecule is CCNC(=O)c1c(C)c(Cl)cc(C(C)n2nc(-c3ccc4oc(N)nc4c3)c3c(N)ncnc32)c1OCC. The van der Waals surface area contributed by atoms with Crippen molar-refractivity contribution in [1.29, 1.82) is 0 Å². The Morgan fingerprint density at radius 3 is 2.76 bits per heavy atom. The van der Waals surface area contributed by atoms with Crippen molar-refractivity contribution in [3.63, 3.8) is 0 Å². The molecule has 0 saturated carbocycles. The van der Waals surface area contributed by atoms with Crippen molar-refractivity contribution >= 4 is 51.5 Å². The zero-order chi connectivity index (χ0) is 27.1. The van der Waals surface area contributed by atoms with Gasteiger partial charge in [-0.3, -0.25) is 4.79 Å². The molecule has 1 amide bonds. The van der Waals surface area contributed by atoms with Gasteiger partial charge in [-0.1, -0.05) is 11.6 Å². The maximum Gasteiger partial charge on any atom is 0.292 e. The van der Waals surface area contributed by atoms with Gasteiger partial charge in [0.2, 0.25) is 0 Å². The molecule has 5 aromatic rings. The number of benzene rings is 2. The van der Waals surface area contributed by atoms with E-state index in [1.54, 1.807) is 23.7 Å². The smallest absolute Gasteiger partial charge is 0.292 e. The molecule has 38 heavy (non-hydrogen) atoms. The Balaban J connectivity index is 1.73. The van der Waals surface area contributed by atoms with Crippen molar-refractivity contribution in [2.75, 3.05) is 24.6 Å². The third kappa shape index (κ3) is 4.14. The van der Waals surface area contributed by atoms with Crippen molar-refractivity contribution < 1.29 is 13.9 Å². The molecule has 5 N–H and O–H groups in total. The standard InChI is InChI=1S/C26H27ClN8O3/c1-5-30-25(36)19-12(3)16(27)10-15(22(19)37-6-2)13(4)35-24-20(23(28)31-11-32-24)21(34-35)14-7-8-18-17(9-14)33-26(29)38-18/h7-11,13H,5-6H2,1-4H3,(H2,29,33)(H,30,36)(H2,28,31,32). The molecule has 0 aliphatic carbocycles. The van der Waals surface area contributed by atoms with E-state index in [0.717, 1.165) is 5.56 Å². The van der Waals surface area contributed by atoms with Crippen LogP contribution >= 0.6 is 11.6 Å². The quantitative estimate of drug-likeness (QED) is 0.272. The van der Waals surface area contributed by atoms with Gasteiger partial charge < -0.3 is 25.9 Å². The summed E-state index contributed by atoms with van der Waals surface area (Å²) in [5, 5.41) is 8.79. The average molecular weight is 535 g/mol. The van der Waals surface area contributed by atoms with Gasteiger partial charge in [-0.25, -0.2) is 14.6 Å². The fourth-order valence-electron chi connectivity index (χ4n) is 4.57. The number of halogens is 1. The molecule has 11 nitrogen and oxygen atoms in total. The largest absolute Gasteiger partial charge is 0.493 e. The molecular formula is C26H27ClN8O3. The van der Waals surface area contributed by atoms with Crippen LogP contribution in [0.4, 0.5) is 11.8 Å². The molecule has 5 rings (SSSR count). The number of nitrogens with zero attached hydrogens (tertiary/aromatic N) is 5. The predicted octanol–water partition coefficient (Wildman–Crippen LogP) is 4.52. The minimum Gasteiger partial charge on any atom is -0.493 e. The minimum absolute atomic E-state index is 0.0756. The van der Waals surface area contributed by atoms with Crippen LogP contribution in [-0.4, -0.2) is 43.8 Å². The average Bonchev–Trinajstić information content (AvgIpc) is 3.46. The molecule has 0 aliphatic heterocycles. The molecule has 196 valence electrons. The van der Waals surface area contributed by atoms with Crippen molar-refractivity contribution in [2.45, 2.75) is 33.7 Å². The van der Waals surface area contributed by atoms with E-state index < -0.39 is 6.04 Å². The van der Waals surface area contributed by atoms with E-state index in [-0.39, 0.29) is 17.7 Å². The Bertz CT molecular complexity index is 1690. The number of nitrogen functional groups attached to an aromatic ring is 2. The summed E-state index contributed by atoms with van der Waals surface area (Å²) < 4.78 is 13.2. The fraction of sp³-hybridized carbons (Fsp3) is 0.269. The Morgan fingerprint density at radius 1 is 1.24 bits per heavy atom. The number of anilines is 2. The van der Waals surface area contributed by atoms with Gasteiger partial charge in [0.1, 0.15) is 29.1 Å². The van der Waals surface area contributed by atoms with Crippen LogP contribution in [-0.2, 0) is 0 Å². The minimum atomic E-state index is -0.445. The summed E-state index contributed by atoms with van der Waals surface area (Å²) in [6.45, 7) is 8.27. The van der Waals surface area contributed by atoms with Crippen LogP contribution in [0.5, 0.6) is 5.75 Å². The van der Waals surface area contributed by atoms with Crippen LogP contribution in [0.2, 0.25) is 5.02 Å². The number of nitrogens with two attached hydrogens (primary N) is 2. The second kappa shape index (κ2) is 9.82. The van der Waals surface area contributed by atoms with Crippen molar-refractivity contribution in [3.8, 4) is 17.0 Å². The lowest BCUT2D eigenvalue weighted by Crippen LogP contribution is -2.25.